The van der Waals surface area contributed by atoms with Crippen LogP contribution < -0.4 is 0 Å². The van der Waals surface area contributed by atoms with Gasteiger partial charge >= 0.3 is 5.97 Å². The van der Waals surface area contributed by atoms with Gasteiger partial charge in [-0.3, -0.25) is 14.5 Å². The number of hydrogen-bond acceptors (Lipinski definition) is 5. The molecule has 0 bridgehead atoms. The number of morpholine rings is 1. The Balaban J connectivity index is 1.96. The Morgan fingerprint density at radius 2 is 2.12 bits per heavy atom. The first-order chi connectivity index (χ1) is 8.22. The van der Waals surface area contributed by atoms with Crippen LogP contribution in [0.25, 0.3) is 0 Å². The standard InChI is InChI=1S/C12H19NO4/c1-16-12(15)10-8-9(2-3-11(10)14)13-4-6-17-7-5-13/h9-10H,2-8H2,1H3. The Labute approximate surface area is 101 Å². The predicted molar refractivity (Wildman–Crippen MR) is 60.5 cm³/mol. The molecular formula is C12H19NO4. The van der Waals surface area contributed by atoms with Gasteiger partial charge in [-0.1, -0.05) is 0 Å². The van der Waals surface area contributed by atoms with Crippen LogP contribution in [0, 0.1) is 5.92 Å². The van der Waals surface area contributed by atoms with E-state index < -0.39 is 5.92 Å². The lowest BCUT2D eigenvalue weighted by atomic mass is 9.83. The lowest BCUT2D eigenvalue weighted by molar-refractivity contribution is -0.152. The molecule has 0 aromatic rings. The molecule has 1 aliphatic carbocycles. The van der Waals surface area contributed by atoms with Gasteiger partial charge < -0.3 is 9.47 Å². The van der Waals surface area contributed by atoms with Gasteiger partial charge in [0.05, 0.1) is 20.3 Å². The summed E-state index contributed by atoms with van der Waals surface area (Å²) in [6.45, 7) is 3.28. The summed E-state index contributed by atoms with van der Waals surface area (Å²) in [5.74, 6) is -0.907. The quantitative estimate of drug-likeness (QED) is 0.511. The van der Waals surface area contributed by atoms with Crippen molar-refractivity contribution in [3.8, 4) is 0 Å². The lowest BCUT2D eigenvalue weighted by Gasteiger charge is -2.38. The normalized spacial score (nSPS) is 31.2. The lowest BCUT2D eigenvalue weighted by Crippen LogP contribution is -2.48. The molecule has 0 amide bonds. The van der Waals surface area contributed by atoms with Gasteiger partial charge in [-0.05, 0) is 12.8 Å². The molecule has 2 rings (SSSR count). The first kappa shape index (κ1) is 12.5. The van der Waals surface area contributed by atoms with Crippen LogP contribution in [0.3, 0.4) is 0 Å². The summed E-state index contributed by atoms with van der Waals surface area (Å²) in [5.41, 5.74) is 0. The van der Waals surface area contributed by atoms with Gasteiger partial charge in [0.15, 0.2) is 0 Å². The number of rotatable bonds is 2. The van der Waals surface area contributed by atoms with E-state index in [1.54, 1.807) is 0 Å². The van der Waals surface area contributed by atoms with Crippen molar-refractivity contribution in [3.05, 3.63) is 0 Å². The van der Waals surface area contributed by atoms with Crippen molar-refractivity contribution >= 4 is 11.8 Å². The molecule has 2 unspecified atom stereocenters. The van der Waals surface area contributed by atoms with E-state index in [0.717, 1.165) is 32.7 Å². The maximum absolute atomic E-state index is 11.7. The Morgan fingerprint density at radius 3 is 2.76 bits per heavy atom. The monoisotopic (exact) mass is 241 g/mol. The molecule has 96 valence electrons. The Morgan fingerprint density at radius 1 is 1.41 bits per heavy atom. The second-order valence-corrected chi connectivity index (χ2v) is 4.62. The third kappa shape index (κ3) is 2.84. The highest BCUT2D eigenvalue weighted by molar-refractivity contribution is 5.99. The third-order valence-electron chi connectivity index (χ3n) is 3.67. The second-order valence-electron chi connectivity index (χ2n) is 4.62. The van der Waals surface area contributed by atoms with Crippen molar-refractivity contribution in [2.75, 3.05) is 33.4 Å². The van der Waals surface area contributed by atoms with Crippen molar-refractivity contribution in [2.45, 2.75) is 25.3 Å². The van der Waals surface area contributed by atoms with Crippen LogP contribution in [0.4, 0.5) is 0 Å². The molecule has 1 heterocycles. The molecule has 0 N–H and O–H groups in total. The molecule has 2 atom stereocenters. The Kier molecular flexibility index (Phi) is 4.12. The molecule has 0 spiro atoms. The van der Waals surface area contributed by atoms with Crippen LogP contribution in [0.5, 0.6) is 0 Å². The molecule has 2 fully saturated rings. The zero-order valence-corrected chi connectivity index (χ0v) is 10.2. The van der Waals surface area contributed by atoms with Crippen LogP contribution in [-0.2, 0) is 19.1 Å². The number of esters is 1. The number of Topliss-reactive ketones (excluding diaryl/α,β-unsaturated/α-hetero) is 1. The number of ether oxygens (including phenoxy) is 2. The topological polar surface area (TPSA) is 55.8 Å². The summed E-state index contributed by atoms with van der Waals surface area (Å²) in [4.78, 5) is 25.5. The largest absolute Gasteiger partial charge is 0.468 e. The molecule has 5 nitrogen and oxygen atoms in total. The molecule has 1 saturated heterocycles. The van der Waals surface area contributed by atoms with Gasteiger partial charge in [0.1, 0.15) is 11.7 Å². The van der Waals surface area contributed by atoms with Crippen molar-refractivity contribution in [1.82, 2.24) is 4.90 Å². The fourth-order valence-electron chi connectivity index (χ4n) is 2.65. The number of ketones is 1. The maximum Gasteiger partial charge on any atom is 0.316 e. The minimum Gasteiger partial charge on any atom is -0.468 e. The fourth-order valence-corrected chi connectivity index (χ4v) is 2.65. The van der Waals surface area contributed by atoms with E-state index in [0.29, 0.717) is 18.9 Å². The average molecular weight is 241 g/mol. The number of nitrogens with zero attached hydrogens (tertiary/aromatic N) is 1. The van der Waals surface area contributed by atoms with E-state index in [2.05, 4.69) is 4.90 Å². The number of carbonyl (C=O) groups is 2. The van der Waals surface area contributed by atoms with Crippen molar-refractivity contribution in [3.63, 3.8) is 0 Å². The highest BCUT2D eigenvalue weighted by Gasteiger charge is 2.37. The van der Waals surface area contributed by atoms with E-state index in [1.807, 2.05) is 0 Å². The SMILES string of the molecule is COC(=O)C1CC(N2CCOCC2)CCC1=O. The fraction of sp³-hybridized carbons (Fsp3) is 0.833. The molecule has 2 aliphatic rings. The number of carbonyl (C=O) groups excluding carboxylic acids is 2. The van der Waals surface area contributed by atoms with Gasteiger partial charge in [-0.15, -0.1) is 0 Å². The van der Waals surface area contributed by atoms with E-state index >= 15 is 0 Å². The predicted octanol–water partition coefficient (Wildman–Crippen LogP) is 0.229. The first-order valence-electron chi connectivity index (χ1n) is 6.14. The van der Waals surface area contributed by atoms with Crippen molar-refractivity contribution in [2.24, 2.45) is 5.92 Å². The van der Waals surface area contributed by atoms with Gasteiger partial charge in [0.25, 0.3) is 0 Å². The molecule has 0 radical (unpaired) electrons. The van der Waals surface area contributed by atoms with E-state index in [4.69, 9.17) is 9.47 Å². The maximum atomic E-state index is 11.7. The van der Waals surface area contributed by atoms with Crippen LogP contribution >= 0.6 is 0 Å². The highest BCUT2D eigenvalue weighted by atomic mass is 16.5. The summed E-state index contributed by atoms with van der Waals surface area (Å²) < 4.78 is 10.00. The molecule has 0 aromatic heterocycles. The van der Waals surface area contributed by atoms with E-state index in [1.165, 1.54) is 7.11 Å². The zero-order chi connectivity index (χ0) is 12.3. The Hall–Kier alpha value is -0.940. The molecule has 1 saturated carbocycles. The second kappa shape index (κ2) is 5.60. The third-order valence-corrected chi connectivity index (χ3v) is 3.67. The van der Waals surface area contributed by atoms with Gasteiger partial charge in [0.2, 0.25) is 0 Å². The summed E-state index contributed by atoms with van der Waals surface area (Å²) in [6.07, 6.45) is 1.94. The smallest absolute Gasteiger partial charge is 0.316 e. The minimum absolute atomic E-state index is 0.0290. The summed E-state index contributed by atoms with van der Waals surface area (Å²) in [5, 5.41) is 0. The number of hydrogen-bond donors (Lipinski definition) is 0. The van der Waals surface area contributed by atoms with E-state index in [9.17, 15) is 9.59 Å². The highest BCUT2D eigenvalue weighted by Crippen LogP contribution is 2.26. The van der Waals surface area contributed by atoms with Crippen LogP contribution in [0.1, 0.15) is 19.3 Å². The van der Waals surface area contributed by atoms with Crippen LogP contribution in [0.2, 0.25) is 0 Å². The summed E-state index contributed by atoms with van der Waals surface area (Å²) >= 11 is 0. The van der Waals surface area contributed by atoms with Crippen molar-refractivity contribution < 1.29 is 19.1 Å². The average Bonchev–Trinajstić information content (AvgIpc) is 2.39. The summed E-state index contributed by atoms with van der Waals surface area (Å²) in [6, 6.07) is 0.320. The van der Waals surface area contributed by atoms with Crippen LogP contribution in [-0.4, -0.2) is 56.1 Å². The Bertz CT molecular complexity index is 291. The van der Waals surface area contributed by atoms with Crippen LogP contribution in [0.15, 0.2) is 0 Å². The molecule has 0 aromatic carbocycles. The zero-order valence-electron chi connectivity index (χ0n) is 10.2. The molecule has 5 heteroatoms. The van der Waals surface area contributed by atoms with Gasteiger partial charge in [-0.25, -0.2) is 0 Å². The molecule has 1 aliphatic heterocycles. The first-order valence-corrected chi connectivity index (χ1v) is 6.14. The molecular weight excluding hydrogens is 222 g/mol. The van der Waals surface area contributed by atoms with Gasteiger partial charge in [0, 0.05) is 25.6 Å². The summed E-state index contributed by atoms with van der Waals surface area (Å²) in [7, 11) is 1.34. The van der Waals surface area contributed by atoms with E-state index in [-0.39, 0.29) is 11.8 Å². The number of methoxy groups -OCH3 is 1. The van der Waals surface area contributed by atoms with Crippen molar-refractivity contribution in [1.29, 1.82) is 0 Å². The molecule has 17 heavy (non-hydrogen) atoms. The minimum atomic E-state index is -0.554. The van der Waals surface area contributed by atoms with Gasteiger partial charge in [-0.2, -0.15) is 0 Å².